The molecular weight excluding hydrogens is 382 g/mol. The predicted molar refractivity (Wildman–Crippen MR) is 117 cm³/mol. The zero-order valence-electron chi connectivity index (χ0n) is 16.8. The first-order chi connectivity index (χ1) is 14.1. The van der Waals surface area contributed by atoms with Gasteiger partial charge in [-0.25, -0.2) is 0 Å². The van der Waals surface area contributed by atoms with Crippen molar-refractivity contribution in [2.24, 2.45) is 11.7 Å². The molecular formula is C23H29N3O2S. The van der Waals surface area contributed by atoms with E-state index in [9.17, 15) is 9.59 Å². The zero-order chi connectivity index (χ0) is 20.2. The minimum atomic E-state index is -0.214. The van der Waals surface area contributed by atoms with Gasteiger partial charge >= 0.3 is 0 Å². The molecule has 5 nitrogen and oxygen atoms in total. The van der Waals surface area contributed by atoms with Gasteiger partial charge in [-0.2, -0.15) is 0 Å². The standard InChI is InChI=1S/C23H29N3O2S/c24-22(27)18-9-6-12-26(15-18)14-17-8-4-5-10-19(17)25-23(28)21-13-16-7-2-1-3-11-20(16)29-21/h4-5,8,10,13,18H,1-3,6-7,9,11-12,14-15H2,(H2,24,27)(H,25,28)/t18-/m1/s1. The van der Waals surface area contributed by atoms with Gasteiger partial charge in [0.2, 0.25) is 5.91 Å². The third-order valence-electron chi connectivity index (χ3n) is 6.04. The molecule has 1 saturated heterocycles. The molecule has 2 amide bonds. The summed E-state index contributed by atoms with van der Waals surface area (Å²) in [6, 6.07) is 10.0. The van der Waals surface area contributed by atoms with Gasteiger partial charge < -0.3 is 11.1 Å². The lowest BCUT2D eigenvalue weighted by Gasteiger charge is -2.31. The molecule has 2 aliphatic rings. The second kappa shape index (κ2) is 9.09. The van der Waals surface area contributed by atoms with E-state index in [0.717, 1.165) is 48.4 Å². The van der Waals surface area contributed by atoms with Gasteiger partial charge in [0, 0.05) is 23.7 Å². The van der Waals surface area contributed by atoms with Crippen molar-refractivity contribution in [2.45, 2.75) is 51.5 Å². The number of carbonyl (C=O) groups excluding carboxylic acids is 2. The van der Waals surface area contributed by atoms with Gasteiger partial charge in [-0.15, -0.1) is 11.3 Å². The highest BCUT2D eigenvalue weighted by Gasteiger charge is 2.24. The Kier molecular flexibility index (Phi) is 6.31. The maximum absolute atomic E-state index is 12.9. The van der Waals surface area contributed by atoms with Crippen LogP contribution in [0.5, 0.6) is 0 Å². The van der Waals surface area contributed by atoms with Gasteiger partial charge in [0.05, 0.1) is 10.8 Å². The third-order valence-corrected chi connectivity index (χ3v) is 7.27. The average molecular weight is 412 g/mol. The Labute approximate surface area is 176 Å². The van der Waals surface area contributed by atoms with Gasteiger partial charge in [-0.3, -0.25) is 14.5 Å². The fraction of sp³-hybridized carbons (Fsp3) is 0.478. The second-order valence-corrected chi connectivity index (χ2v) is 9.34. The molecule has 0 unspecified atom stereocenters. The predicted octanol–water partition coefficient (Wildman–Crippen LogP) is 3.97. The molecule has 4 rings (SSSR count). The van der Waals surface area contributed by atoms with Gasteiger partial charge in [0.1, 0.15) is 0 Å². The van der Waals surface area contributed by atoms with Crippen LogP contribution >= 0.6 is 11.3 Å². The number of nitrogens with two attached hydrogens (primary N) is 1. The first kappa shape index (κ1) is 20.1. The summed E-state index contributed by atoms with van der Waals surface area (Å²) < 4.78 is 0. The summed E-state index contributed by atoms with van der Waals surface area (Å²) >= 11 is 1.65. The average Bonchev–Trinajstić information content (AvgIpc) is 3.00. The maximum atomic E-state index is 12.9. The molecule has 1 fully saturated rings. The van der Waals surface area contributed by atoms with Gasteiger partial charge in [0.25, 0.3) is 5.91 Å². The van der Waals surface area contributed by atoms with E-state index in [4.69, 9.17) is 5.73 Å². The number of piperidine rings is 1. The lowest BCUT2D eigenvalue weighted by Crippen LogP contribution is -2.40. The summed E-state index contributed by atoms with van der Waals surface area (Å²) in [5, 5.41) is 3.13. The number of fused-ring (bicyclic) bond motifs is 1. The molecule has 1 aliphatic heterocycles. The van der Waals surface area contributed by atoms with Crippen molar-refractivity contribution < 1.29 is 9.59 Å². The number of benzene rings is 1. The molecule has 0 saturated carbocycles. The quantitative estimate of drug-likeness (QED) is 0.731. The Balaban J connectivity index is 1.46. The number of likely N-dealkylation sites (tertiary alicyclic amines) is 1. The fourth-order valence-electron chi connectivity index (χ4n) is 4.42. The Morgan fingerprint density at radius 2 is 1.97 bits per heavy atom. The van der Waals surface area contributed by atoms with Crippen LogP contribution in [-0.2, 0) is 24.2 Å². The zero-order valence-corrected chi connectivity index (χ0v) is 17.6. The fourth-order valence-corrected chi connectivity index (χ4v) is 5.56. The number of anilines is 1. The summed E-state index contributed by atoms with van der Waals surface area (Å²) in [7, 11) is 0. The number of hydrogen-bond acceptors (Lipinski definition) is 4. The van der Waals surface area contributed by atoms with Crippen molar-refractivity contribution in [3.8, 4) is 0 Å². The molecule has 0 radical (unpaired) electrons. The number of rotatable bonds is 5. The van der Waals surface area contributed by atoms with Crippen LogP contribution in [0.25, 0.3) is 0 Å². The molecule has 154 valence electrons. The van der Waals surface area contributed by atoms with Gasteiger partial charge in [-0.05, 0) is 68.3 Å². The van der Waals surface area contributed by atoms with E-state index in [1.54, 1.807) is 11.3 Å². The number of primary amides is 1. The summed E-state index contributed by atoms with van der Waals surface area (Å²) in [6.07, 6.45) is 7.75. The van der Waals surface area contributed by atoms with Gasteiger partial charge in [-0.1, -0.05) is 24.6 Å². The Bertz CT molecular complexity index is 868. The Morgan fingerprint density at radius 1 is 1.14 bits per heavy atom. The minimum absolute atomic E-state index is 0.0239. The van der Waals surface area contributed by atoms with Crippen molar-refractivity contribution >= 4 is 28.8 Å². The van der Waals surface area contributed by atoms with E-state index in [-0.39, 0.29) is 17.7 Å². The summed E-state index contributed by atoms with van der Waals surface area (Å²) in [5.74, 6) is -0.315. The molecule has 2 aromatic rings. The van der Waals surface area contributed by atoms with Crippen molar-refractivity contribution in [1.29, 1.82) is 0 Å². The van der Waals surface area contributed by atoms with E-state index in [0.29, 0.717) is 13.1 Å². The monoisotopic (exact) mass is 411 g/mol. The number of nitrogens with zero attached hydrogens (tertiary/aromatic N) is 1. The number of aryl methyl sites for hydroxylation is 2. The van der Waals surface area contributed by atoms with Crippen LogP contribution in [0.1, 0.15) is 57.8 Å². The number of nitrogens with one attached hydrogen (secondary N) is 1. The SMILES string of the molecule is NC(=O)[C@@H]1CCCN(Cc2ccccc2NC(=O)c2cc3c(s2)CCCCC3)C1. The third kappa shape index (κ3) is 4.87. The molecule has 0 spiro atoms. The first-order valence-corrected chi connectivity index (χ1v) is 11.4. The number of carbonyl (C=O) groups is 2. The molecule has 6 heteroatoms. The van der Waals surface area contributed by atoms with Crippen LogP contribution in [0.4, 0.5) is 5.69 Å². The highest BCUT2D eigenvalue weighted by molar-refractivity contribution is 7.14. The molecule has 2 heterocycles. The van der Waals surface area contributed by atoms with Crippen molar-refractivity contribution in [2.75, 3.05) is 18.4 Å². The van der Waals surface area contributed by atoms with Crippen molar-refractivity contribution in [1.82, 2.24) is 4.90 Å². The van der Waals surface area contributed by atoms with E-state index >= 15 is 0 Å². The maximum Gasteiger partial charge on any atom is 0.265 e. The molecule has 1 aromatic carbocycles. The summed E-state index contributed by atoms with van der Waals surface area (Å²) in [4.78, 5) is 28.9. The van der Waals surface area contributed by atoms with Crippen LogP contribution in [0.2, 0.25) is 0 Å². The summed E-state index contributed by atoms with van der Waals surface area (Å²) in [5.41, 5.74) is 8.79. The van der Waals surface area contributed by atoms with Crippen LogP contribution < -0.4 is 11.1 Å². The summed E-state index contributed by atoms with van der Waals surface area (Å²) in [6.45, 7) is 2.35. The highest BCUT2D eigenvalue weighted by atomic mass is 32.1. The number of hydrogen-bond donors (Lipinski definition) is 2. The van der Waals surface area contributed by atoms with E-state index in [1.165, 1.54) is 29.7 Å². The Morgan fingerprint density at radius 3 is 2.83 bits per heavy atom. The van der Waals surface area contributed by atoms with Gasteiger partial charge in [0.15, 0.2) is 0 Å². The van der Waals surface area contributed by atoms with E-state index in [1.807, 2.05) is 24.3 Å². The first-order valence-electron chi connectivity index (χ1n) is 10.6. The van der Waals surface area contributed by atoms with E-state index in [2.05, 4.69) is 16.3 Å². The van der Waals surface area contributed by atoms with Crippen LogP contribution in [0, 0.1) is 5.92 Å². The molecule has 1 aliphatic carbocycles. The van der Waals surface area contributed by atoms with Crippen LogP contribution in [0.3, 0.4) is 0 Å². The van der Waals surface area contributed by atoms with Crippen LogP contribution in [-0.4, -0.2) is 29.8 Å². The molecule has 1 aromatic heterocycles. The lowest BCUT2D eigenvalue weighted by atomic mass is 9.97. The topological polar surface area (TPSA) is 75.4 Å². The number of para-hydroxylation sites is 1. The molecule has 29 heavy (non-hydrogen) atoms. The minimum Gasteiger partial charge on any atom is -0.369 e. The second-order valence-electron chi connectivity index (χ2n) is 8.21. The van der Waals surface area contributed by atoms with E-state index < -0.39 is 0 Å². The number of thiophene rings is 1. The molecule has 0 bridgehead atoms. The van der Waals surface area contributed by atoms with Crippen molar-refractivity contribution in [3.63, 3.8) is 0 Å². The number of amides is 2. The lowest BCUT2D eigenvalue weighted by molar-refractivity contribution is -0.123. The smallest absolute Gasteiger partial charge is 0.265 e. The Hall–Kier alpha value is -2.18. The largest absolute Gasteiger partial charge is 0.369 e. The van der Waals surface area contributed by atoms with Crippen LogP contribution in [0.15, 0.2) is 30.3 Å². The molecule has 1 atom stereocenters. The van der Waals surface area contributed by atoms with Crippen molar-refractivity contribution in [3.05, 3.63) is 51.2 Å². The molecule has 3 N–H and O–H groups in total. The highest BCUT2D eigenvalue weighted by Crippen LogP contribution is 2.30. The normalized spacial score (nSPS) is 19.9.